The van der Waals surface area contributed by atoms with Crippen molar-refractivity contribution in [3.05, 3.63) is 10.1 Å². The predicted molar refractivity (Wildman–Crippen MR) is 41.4 cm³/mol. The normalized spacial score (nSPS) is 12.2. The minimum Gasteiger partial charge on any atom is -0.300 e. The number of nitro groups is 1. The van der Waals surface area contributed by atoms with Crippen molar-refractivity contribution < 1.29 is 14.5 Å². The summed E-state index contributed by atoms with van der Waals surface area (Å²) in [5, 5.41) is 10.1. The van der Waals surface area contributed by atoms with Gasteiger partial charge in [-0.1, -0.05) is 0 Å². The SMILES string of the molecule is CC(=O)CCC(=O)C(C)[N+](=O)[O-]. The molecule has 68 valence electrons. The van der Waals surface area contributed by atoms with Crippen molar-refractivity contribution in [2.45, 2.75) is 32.7 Å². The Balaban J connectivity index is 3.88. The van der Waals surface area contributed by atoms with Gasteiger partial charge in [0.15, 0.2) is 0 Å². The Morgan fingerprint density at radius 3 is 2.25 bits per heavy atom. The topological polar surface area (TPSA) is 77.3 Å². The number of carbonyl (C=O) groups excluding carboxylic acids is 2. The lowest BCUT2D eigenvalue weighted by Crippen LogP contribution is -2.26. The van der Waals surface area contributed by atoms with Gasteiger partial charge < -0.3 is 4.79 Å². The maximum atomic E-state index is 10.9. The van der Waals surface area contributed by atoms with E-state index in [2.05, 4.69) is 0 Å². The molecule has 0 aliphatic heterocycles. The first kappa shape index (κ1) is 10.7. The lowest BCUT2D eigenvalue weighted by Gasteiger charge is -2.00. The number of hydrogen-bond donors (Lipinski definition) is 0. The van der Waals surface area contributed by atoms with Crippen LogP contribution in [0, 0.1) is 10.1 Å². The Kier molecular flexibility index (Phi) is 4.10. The molecule has 5 heteroatoms. The zero-order valence-electron chi connectivity index (χ0n) is 7.07. The minimum atomic E-state index is -1.19. The first-order chi connectivity index (χ1) is 5.45. The van der Waals surface area contributed by atoms with Crippen LogP contribution >= 0.6 is 0 Å². The molecule has 0 bridgehead atoms. The number of ketones is 2. The van der Waals surface area contributed by atoms with Crippen LogP contribution in [0.4, 0.5) is 0 Å². The summed E-state index contributed by atoms with van der Waals surface area (Å²) in [5.74, 6) is -0.617. The van der Waals surface area contributed by atoms with Gasteiger partial charge in [0.2, 0.25) is 5.78 Å². The Morgan fingerprint density at radius 1 is 1.42 bits per heavy atom. The Hall–Kier alpha value is -1.26. The predicted octanol–water partition coefficient (Wildman–Crippen LogP) is 0.590. The highest BCUT2D eigenvalue weighted by atomic mass is 16.6. The first-order valence-electron chi connectivity index (χ1n) is 3.60. The van der Waals surface area contributed by atoms with Gasteiger partial charge in [-0.2, -0.15) is 0 Å². The third kappa shape index (κ3) is 3.80. The van der Waals surface area contributed by atoms with Crippen LogP contribution in [0.25, 0.3) is 0 Å². The van der Waals surface area contributed by atoms with E-state index in [-0.39, 0.29) is 18.6 Å². The summed E-state index contributed by atoms with van der Waals surface area (Å²) >= 11 is 0. The zero-order valence-corrected chi connectivity index (χ0v) is 7.07. The van der Waals surface area contributed by atoms with E-state index in [0.717, 1.165) is 0 Å². The van der Waals surface area contributed by atoms with Crippen molar-refractivity contribution in [3.8, 4) is 0 Å². The van der Waals surface area contributed by atoms with Gasteiger partial charge in [-0.25, -0.2) is 0 Å². The van der Waals surface area contributed by atoms with E-state index in [4.69, 9.17) is 0 Å². The van der Waals surface area contributed by atoms with Crippen molar-refractivity contribution in [2.24, 2.45) is 0 Å². The van der Waals surface area contributed by atoms with E-state index in [1.54, 1.807) is 0 Å². The minimum absolute atomic E-state index is 0.0303. The fourth-order valence-corrected chi connectivity index (χ4v) is 0.626. The zero-order chi connectivity index (χ0) is 9.72. The Bertz CT molecular complexity index is 211. The van der Waals surface area contributed by atoms with Crippen LogP contribution < -0.4 is 0 Å². The van der Waals surface area contributed by atoms with Gasteiger partial charge in [-0.15, -0.1) is 0 Å². The van der Waals surface area contributed by atoms with Gasteiger partial charge in [0.05, 0.1) is 0 Å². The highest BCUT2D eigenvalue weighted by Crippen LogP contribution is 1.99. The summed E-state index contributed by atoms with van der Waals surface area (Å²) in [6.45, 7) is 2.58. The molecule has 0 aromatic carbocycles. The van der Waals surface area contributed by atoms with Crippen molar-refractivity contribution in [1.82, 2.24) is 0 Å². The molecule has 0 rings (SSSR count). The number of carbonyl (C=O) groups is 2. The maximum absolute atomic E-state index is 10.9. The summed E-state index contributed by atoms with van der Waals surface area (Å²) < 4.78 is 0. The van der Waals surface area contributed by atoms with Crippen LogP contribution in [0.3, 0.4) is 0 Å². The summed E-state index contributed by atoms with van der Waals surface area (Å²) in [6.07, 6.45) is 0.0640. The quantitative estimate of drug-likeness (QED) is 0.450. The van der Waals surface area contributed by atoms with Crippen LogP contribution in [0.15, 0.2) is 0 Å². The molecule has 0 aromatic rings. The fraction of sp³-hybridized carbons (Fsp3) is 0.714. The van der Waals surface area contributed by atoms with Gasteiger partial charge >= 0.3 is 0 Å². The van der Waals surface area contributed by atoms with Crippen molar-refractivity contribution in [1.29, 1.82) is 0 Å². The molecule has 0 fully saturated rings. The standard InChI is InChI=1S/C7H11NO4/c1-5(9)3-4-7(10)6(2)8(11)12/h6H,3-4H2,1-2H3. The average Bonchev–Trinajstić information content (AvgIpc) is 1.98. The van der Waals surface area contributed by atoms with Gasteiger partial charge in [-0.05, 0) is 6.92 Å². The molecule has 0 radical (unpaired) electrons. The second-order valence-corrected chi connectivity index (χ2v) is 2.63. The number of nitrogens with zero attached hydrogens (tertiary/aromatic N) is 1. The molecule has 1 atom stereocenters. The molecule has 0 N–H and O–H groups in total. The van der Waals surface area contributed by atoms with Crippen molar-refractivity contribution >= 4 is 11.6 Å². The summed E-state index contributed by atoms with van der Waals surface area (Å²) in [4.78, 5) is 30.7. The number of rotatable bonds is 5. The smallest absolute Gasteiger partial charge is 0.267 e. The van der Waals surface area contributed by atoms with E-state index >= 15 is 0 Å². The van der Waals surface area contributed by atoms with Gasteiger partial charge in [0.1, 0.15) is 5.78 Å². The van der Waals surface area contributed by atoms with Crippen LogP contribution in [0.1, 0.15) is 26.7 Å². The van der Waals surface area contributed by atoms with Crippen LogP contribution in [-0.4, -0.2) is 22.5 Å². The van der Waals surface area contributed by atoms with E-state index in [1.807, 2.05) is 0 Å². The second-order valence-electron chi connectivity index (χ2n) is 2.63. The fourth-order valence-electron chi connectivity index (χ4n) is 0.626. The largest absolute Gasteiger partial charge is 0.300 e. The highest BCUT2D eigenvalue weighted by molar-refractivity contribution is 5.87. The molecule has 0 saturated carbocycles. The maximum Gasteiger partial charge on any atom is 0.267 e. The number of Topliss-reactive ketones (excluding diaryl/α,β-unsaturated/α-hetero) is 2. The molecule has 5 nitrogen and oxygen atoms in total. The summed E-state index contributed by atoms with van der Waals surface area (Å²) in [5.41, 5.74) is 0. The van der Waals surface area contributed by atoms with Gasteiger partial charge in [-0.3, -0.25) is 14.9 Å². The molecule has 1 unspecified atom stereocenters. The van der Waals surface area contributed by atoms with Crippen molar-refractivity contribution in [2.75, 3.05) is 0 Å². The van der Waals surface area contributed by atoms with Gasteiger partial charge in [0.25, 0.3) is 6.04 Å². The third-order valence-electron chi connectivity index (χ3n) is 1.51. The number of hydrogen-bond acceptors (Lipinski definition) is 4. The van der Waals surface area contributed by atoms with Crippen molar-refractivity contribution in [3.63, 3.8) is 0 Å². The average molecular weight is 173 g/mol. The lowest BCUT2D eigenvalue weighted by molar-refractivity contribution is -0.503. The first-order valence-corrected chi connectivity index (χ1v) is 3.60. The molecular formula is C7H11NO4. The monoisotopic (exact) mass is 173 g/mol. The molecule has 0 aliphatic rings. The summed E-state index contributed by atoms with van der Waals surface area (Å²) in [6, 6.07) is -1.19. The molecule has 0 aromatic heterocycles. The van der Waals surface area contributed by atoms with Crippen LogP contribution in [-0.2, 0) is 9.59 Å². The molecule has 0 amide bonds. The molecule has 0 aliphatic carbocycles. The highest BCUT2D eigenvalue weighted by Gasteiger charge is 2.22. The van der Waals surface area contributed by atoms with E-state index in [9.17, 15) is 19.7 Å². The molecule has 0 saturated heterocycles. The van der Waals surface area contributed by atoms with Crippen LogP contribution in [0.2, 0.25) is 0 Å². The molecular weight excluding hydrogens is 162 g/mol. The Morgan fingerprint density at radius 2 is 1.92 bits per heavy atom. The third-order valence-corrected chi connectivity index (χ3v) is 1.51. The van der Waals surface area contributed by atoms with Crippen LogP contribution in [0.5, 0.6) is 0 Å². The molecule has 0 heterocycles. The molecule has 0 spiro atoms. The van der Waals surface area contributed by atoms with E-state index in [1.165, 1.54) is 13.8 Å². The van der Waals surface area contributed by atoms with E-state index in [0.29, 0.717) is 0 Å². The van der Waals surface area contributed by atoms with Gasteiger partial charge in [0, 0.05) is 24.7 Å². The Labute approximate surface area is 69.9 Å². The molecule has 12 heavy (non-hydrogen) atoms. The van der Waals surface area contributed by atoms with E-state index < -0.39 is 16.7 Å². The summed E-state index contributed by atoms with van der Waals surface area (Å²) in [7, 11) is 0. The lowest BCUT2D eigenvalue weighted by atomic mass is 10.1. The second kappa shape index (κ2) is 4.58.